The van der Waals surface area contributed by atoms with Crippen molar-refractivity contribution < 1.29 is 14.4 Å². The Morgan fingerprint density at radius 1 is 1.22 bits per heavy atom. The van der Waals surface area contributed by atoms with Crippen LogP contribution in [-0.2, 0) is 22.7 Å². The van der Waals surface area contributed by atoms with Gasteiger partial charge in [-0.15, -0.1) is 0 Å². The molecular formula is C20H26N4O3. The first-order valence-corrected chi connectivity index (χ1v) is 9.77. The van der Waals surface area contributed by atoms with E-state index in [0.29, 0.717) is 30.5 Å². The van der Waals surface area contributed by atoms with Crippen molar-refractivity contribution in [2.45, 2.75) is 51.4 Å². The predicted molar refractivity (Wildman–Crippen MR) is 99.8 cm³/mol. The Morgan fingerprint density at radius 3 is 2.85 bits per heavy atom. The monoisotopic (exact) mass is 370 g/mol. The van der Waals surface area contributed by atoms with Crippen LogP contribution in [0.1, 0.15) is 47.7 Å². The summed E-state index contributed by atoms with van der Waals surface area (Å²) in [5.41, 5.74) is 2.70. The van der Waals surface area contributed by atoms with Crippen molar-refractivity contribution in [1.82, 2.24) is 20.9 Å². The van der Waals surface area contributed by atoms with Crippen molar-refractivity contribution in [2.24, 2.45) is 5.92 Å². The van der Waals surface area contributed by atoms with E-state index in [0.717, 1.165) is 37.2 Å². The predicted octanol–water partition coefficient (Wildman–Crippen LogP) is 0.535. The standard InChI is InChI=1S/C20H26N4O3/c1-2-13-9-21-10-16(13)22-8-12-3-4-14-11-24(20(27)15(14)7-12)17-5-6-18(25)23-19(17)26/h3-4,7,13,16-17,21-22H,2,5-6,8-11H2,1H3,(H,23,25,26)/t13-,16+,17?/m0/s1. The van der Waals surface area contributed by atoms with Gasteiger partial charge in [-0.3, -0.25) is 19.7 Å². The summed E-state index contributed by atoms with van der Waals surface area (Å²) in [6.07, 6.45) is 1.82. The van der Waals surface area contributed by atoms with Gasteiger partial charge in [-0.2, -0.15) is 0 Å². The maximum atomic E-state index is 12.9. The quantitative estimate of drug-likeness (QED) is 0.658. The molecule has 2 fully saturated rings. The molecule has 3 aliphatic heterocycles. The molecule has 3 amide bonds. The summed E-state index contributed by atoms with van der Waals surface area (Å²) in [6, 6.07) is 5.88. The van der Waals surface area contributed by atoms with E-state index in [4.69, 9.17) is 0 Å². The van der Waals surface area contributed by atoms with Crippen LogP contribution in [-0.4, -0.2) is 47.8 Å². The largest absolute Gasteiger partial charge is 0.322 e. The lowest BCUT2D eigenvalue weighted by Gasteiger charge is -2.29. The van der Waals surface area contributed by atoms with Crippen LogP contribution in [0.25, 0.3) is 0 Å². The molecule has 3 heterocycles. The van der Waals surface area contributed by atoms with Crippen molar-refractivity contribution in [3.05, 3.63) is 34.9 Å². The third-order valence-corrected chi connectivity index (χ3v) is 6.03. The summed E-state index contributed by atoms with van der Waals surface area (Å²) >= 11 is 0. The van der Waals surface area contributed by atoms with Gasteiger partial charge in [0, 0.05) is 37.7 Å². The van der Waals surface area contributed by atoms with Crippen LogP contribution in [0, 0.1) is 5.92 Å². The lowest BCUT2D eigenvalue weighted by Crippen LogP contribution is -2.52. The van der Waals surface area contributed by atoms with Gasteiger partial charge in [0.05, 0.1) is 0 Å². The minimum absolute atomic E-state index is 0.115. The molecule has 0 aliphatic carbocycles. The SMILES string of the molecule is CC[C@H]1CNC[C@H]1NCc1ccc2c(c1)C(=O)N(C1CCC(=O)NC1=O)C2. The summed E-state index contributed by atoms with van der Waals surface area (Å²) in [7, 11) is 0. The number of piperidine rings is 1. The summed E-state index contributed by atoms with van der Waals surface area (Å²) in [5.74, 6) is -0.103. The fourth-order valence-corrected chi connectivity index (χ4v) is 4.36. The zero-order valence-electron chi connectivity index (χ0n) is 15.6. The highest BCUT2D eigenvalue weighted by Gasteiger charge is 2.39. The van der Waals surface area contributed by atoms with E-state index in [-0.39, 0.29) is 24.1 Å². The van der Waals surface area contributed by atoms with Crippen LogP contribution in [0.2, 0.25) is 0 Å². The highest BCUT2D eigenvalue weighted by Crippen LogP contribution is 2.28. The fraction of sp³-hybridized carbons (Fsp3) is 0.550. The second kappa shape index (κ2) is 7.40. The Hall–Kier alpha value is -2.25. The van der Waals surface area contributed by atoms with E-state index >= 15 is 0 Å². The van der Waals surface area contributed by atoms with Gasteiger partial charge in [0.25, 0.3) is 5.91 Å². The molecule has 0 saturated carbocycles. The second-order valence-corrected chi connectivity index (χ2v) is 7.71. The van der Waals surface area contributed by atoms with Crippen molar-refractivity contribution in [2.75, 3.05) is 13.1 Å². The molecule has 4 rings (SSSR count). The van der Waals surface area contributed by atoms with Gasteiger partial charge >= 0.3 is 0 Å². The zero-order chi connectivity index (χ0) is 19.0. The van der Waals surface area contributed by atoms with E-state index in [1.165, 1.54) is 0 Å². The molecule has 0 spiro atoms. The Balaban J connectivity index is 1.43. The summed E-state index contributed by atoms with van der Waals surface area (Å²) < 4.78 is 0. The van der Waals surface area contributed by atoms with Gasteiger partial charge < -0.3 is 15.5 Å². The first-order valence-electron chi connectivity index (χ1n) is 9.77. The third-order valence-electron chi connectivity index (χ3n) is 6.03. The van der Waals surface area contributed by atoms with Crippen LogP contribution in [0.3, 0.4) is 0 Å². The Bertz CT molecular complexity index is 778. The van der Waals surface area contributed by atoms with Crippen LogP contribution in [0.5, 0.6) is 0 Å². The molecule has 144 valence electrons. The Morgan fingerprint density at radius 2 is 2.07 bits per heavy atom. The molecule has 2 saturated heterocycles. The van der Waals surface area contributed by atoms with Crippen LogP contribution >= 0.6 is 0 Å². The third kappa shape index (κ3) is 3.49. The number of nitrogens with zero attached hydrogens (tertiary/aromatic N) is 1. The second-order valence-electron chi connectivity index (χ2n) is 7.71. The van der Waals surface area contributed by atoms with Crippen LogP contribution < -0.4 is 16.0 Å². The molecule has 27 heavy (non-hydrogen) atoms. The number of amides is 3. The maximum absolute atomic E-state index is 12.9. The van der Waals surface area contributed by atoms with Crippen molar-refractivity contribution in [1.29, 1.82) is 0 Å². The maximum Gasteiger partial charge on any atom is 0.255 e. The number of rotatable bonds is 5. The number of benzene rings is 1. The van der Waals surface area contributed by atoms with Crippen molar-refractivity contribution in [3.8, 4) is 0 Å². The van der Waals surface area contributed by atoms with Crippen molar-refractivity contribution in [3.63, 3.8) is 0 Å². The summed E-state index contributed by atoms with van der Waals surface area (Å²) in [6.45, 7) is 5.40. The first kappa shape index (κ1) is 18.1. The zero-order valence-corrected chi connectivity index (χ0v) is 15.6. The number of hydrogen-bond acceptors (Lipinski definition) is 5. The van der Waals surface area contributed by atoms with Crippen molar-refractivity contribution >= 4 is 17.7 Å². The Labute approximate surface area is 158 Å². The van der Waals surface area contributed by atoms with E-state index in [1.54, 1.807) is 4.90 Å². The van der Waals surface area contributed by atoms with Gasteiger partial charge in [0.15, 0.2) is 0 Å². The molecule has 7 heteroatoms. The minimum atomic E-state index is -0.556. The molecule has 3 atom stereocenters. The van der Waals surface area contributed by atoms with Gasteiger partial charge in [-0.1, -0.05) is 25.5 Å². The molecule has 0 radical (unpaired) electrons. The van der Waals surface area contributed by atoms with Gasteiger partial charge in [0.2, 0.25) is 11.8 Å². The average Bonchev–Trinajstić information content (AvgIpc) is 3.24. The molecule has 0 bridgehead atoms. The van der Waals surface area contributed by atoms with Crippen LogP contribution in [0.15, 0.2) is 18.2 Å². The number of imide groups is 1. The smallest absolute Gasteiger partial charge is 0.255 e. The number of carbonyl (C=O) groups is 3. The van der Waals surface area contributed by atoms with E-state index in [1.807, 2.05) is 12.1 Å². The number of carbonyl (C=O) groups excluding carboxylic acids is 3. The number of nitrogens with one attached hydrogen (secondary N) is 3. The van der Waals surface area contributed by atoms with E-state index in [2.05, 4.69) is 28.9 Å². The lowest BCUT2D eigenvalue weighted by atomic mass is 10.00. The highest BCUT2D eigenvalue weighted by atomic mass is 16.2. The van der Waals surface area contributed by atoms with Gasteiger partial charge in [-0.25, -0.2) is 0 Å². The summed E-state index contributed by atoms with van der Waals surface area (Å²) in [4.78, 5) is 37.9. The van der Waals surface area contributed by atoms with Gasteiger partial charge in [-0.05, 0) is 36.1 Å². The molecule has 0 aromatic heterocycles. The Kier molecular flexibility index (Phi) is 4.97. The van der Waals surface area contributed by atoms with Gasteiger partial charge in [0.1, 0.15) is 6.04 Å². The minimum Gasteiger partial charge on any atom is -0.322 e. The highest BCUT2D eigenvalue weighted by molar-refractivity contribution is 6.05. The number of fused-ring (bicyclic) bond motifs is 1. The van der Waals surface area contributed by atoms with E-state index in [9.17, 15) is 14.4 Å². The first-order chi connectivity index (χ1) is 13.1. The van der Waals surface area contributed by atoms with Crippen LogP contribution in [0.4, 0.5) is 0 Å². The number of hydrogen-bond donors (Lipinski definition) is 3. The average molecular weight is 370 g/mol. The topological polar surface area (TPSA) is 90.5 Å². The molecule has 7 nitrogen and oxygen atoms in total. The van der Waals surface area contributed by atoms with E-state index < -0.39 is 6.04 Å². The molecular weight excluding hydrogens is 344 g/mol. The fourth-order valence-electron chi connectivity index (χ4n) is 4.36. The molecule has 1 aromatic carbocycles. The molecule has 1 aromatic rings. The lowest BCUT2D eigenvalue weighted by molar-refractivity contribution is -0.136. The summed E-state index contributed by atoms with van der Waals surface area (Å²) in [5, 5.41) is 9.36. The molecule has 1 unspecified atom stereocenters. The normalized spacial score (nSPS) is 27.8. The molecule has 3 aliphatic rings. The molecule has 3 N–H and O–H groups in total.